The summed E-state index contributed by atoms with van der Waals surface area (Å²) in [4.78, 5) is 11.2. The Morgan fingerprint density at radius 1 is 1.64 bits per heavy atom. The zero-order valence-corrected chi connectivity index (χ0v) is 8.55. The van der Waals surface area contributed by atoms with Crippen LogP contribution in [0.3, 0.4) is 0 Å². The molecular formula is C9H19N3O2. The average Bonchev–Trinajstić information content (AvgIpc) is 2.16. The van der Waals surface area contributed by atoms with Gasteiger partial charge in [0.1, 0.15) is 0 Å². The van der Waals surface area contributed by atoms with Crippen molar-refractivity contribution in [2.45, 2.75) is 38.5 Å². The molecule has 0 aliphatic carbocycles. The summed E-state index contributed by atoms with van der Waals surface area (Å²) in [5.74, 6) is 0. The van der Waals surface area contributed by atoms with Gasteiger partial charge in [-0.3, -0.25) is 5.32 Å². The highest BCUT2D eigenvalue weighted by Gasteiger charge is 2.14. The molecule has 1 aliphatic heterocycles. The van der Waals surface area contributed by atoms with Crippen LogP contribution >= 0.6 is 0 Å². The second kappa shape index (κ2) is 5.82. The lowest BCUT2D eigenvalue weighted by molar-refractivity contribution is 0.185. The van der Waals surface area contributed by atoms with Crippen LogP contribution < -0.4 is 16.0 Å². The first-order valence-electron chi connectivity index (χ1n) is 5.14. The smallest absolute Gasteiger partial charge is 0.316 e. The van der Waals surface area contributed by atoms with E-state index < -0.39 is 6.10 Å². The highest BCUT2D eigenvalue weighted by atomic mass is 16.3. The molecule has 2 atom stereocenters. The van der Waals surface area contributed by atoms with Crippen LogP contribution in [-0.4, -0.2) is 36.5 Å². The van der Waals surface area contributed by atoms with E-state index >= 15 is 0 Å². The molecule has 2 unspecified atom stereocenters. The summed E-state index contributed by atoms with van der Waals surface area (Å²) in [6.45, 7) is 2.89. The SMILES string of the molecule is CC(O)CNC(=O)NC1CCCCN1. The molecule has 1 aliphatic rings. The van der Waals surface area contributed by atoms with Crippen LogP contribution in [0.15, 0.2) is 0 Å². The van der Waals surface area contributed by atoms with E-state index in [0.29, 0.717) is 6.54 Å². The van der Waals surface area contributed by atoms with Gasteiger partial charge in [0.05, 0.1) is 12.3 Å². The molecule has 0 spiro atoms. The van der Waals surface area contributed by atoms with Crippen LogP contribution in [0.1, 0.15) is 26.2 Å². The summed E-state index contributed by atoms with van der Waals surface area (Å²) in [6, 6.07) is -0.217. The van der Waals surface area contributed by atoms with Crippen LogP contribution in [0.4, 0.5) is 4.79 Å². The third-order valence-electron chi connectivity index (χ3n) is 2.17. The molecule has 2 amide bonds. The summed E-state index contributed by atoms with van der Waals surface area (Å²) in [6.07, 6.45) is 2.88. The van der Waals surface area contributed by atoms with Crippen molar-refractivity contribution in [1.82, 2.24) is 16.0 Å². The third-order valence-corrected chi connectivity index (χ3v) is 2.17. The Balaban J connectivity index is 2.12. The topological polar surface area (TPSA) is 73.4 Å². The van der Waals surface area contributed by atoms with Crippen molar-refractivity contribution in [2.75, 3.05) is 13.1 Å². The molecule has 4 N–H and O–H groups in total. The number of aliphatic hydroxyl groups is 1. The predicted octanol–water partition coefficient (Wildman–Crippen LogP) is -0.234. The monoisotopic (exact) mass is 201 g/mol. The largest absolute Gasteiger partial charge is 0.392 e. The van der Waals surface area contributed by atoms with Gasteiger partial charge in [0.25, 0.3) is 0 Å². The maximum Gasteiger partial charge on any atom is 0.316 e. The summed E-state index contributed by atoms with van der Waals surface area (Å²) in [5.41, 5.74) is 0. The lowest BCUT2D eigenvalue weighted by atomic mass is 10.1. The van der Waals surface area contributed by atoms with Crippen molar-refractivity contribution in [3.05, 3.63) is 0 Å². The van der Waals surface area contributed by atoms with Crippen LogP contribution in [0.2, 0.25) is 0 Å². The minimum absolute atomic E-state index is 0.0812. The molecule has 1 fully saturated rings. The summed E-state index contributed by atoms with van der Waals surface area (Å²) in [7, 11) is 0. The molecule has 0 aromatic heterocycles. The number of hydrogen-bond donors (Lipinski definition) is 4. The van der Waals surface area contributed by atoms with E-state index in [1.165, 1.54) is 6.42 Å². The number of nitrogens with one attached hydrogen (secondary N) is 3. The number of urea groups is 1. The van der Waals surface area contributed by atoms with Gasteiger partial charge < -0.3 is 15.7 Å². The minimum atomic E-state index is -0.500. The Morgan fingerprint density at radius 3 is 3.00 bits per heavy atom. The molecular weight excluding hydrogens is 182 g/mol. The maximum absolute atomic E-state index is 11.2. The van der Waals surface area contributed by atoms with E-state index in [0.717, 1.165) is 19.4 Å². The first kappa shape index (κ1) is 11.3. The molecule has 5 heteroatoms. The van der Waals surface area contributed by atoms with E-state index in [-0.39, 0.29) is 12.2 Å². The fraction of sp³-hybridized carbons (Fsp3) is 0.889. The molecule has 82 valence electrons. The molecule has 1 heterocycles. The molecule has 0 radical (unpaired) electrons. The van der Waals surface area contributed by atoms with Crippen molar-refractivity contribution < 1.29 is 9.90 Å². The number of aliphatic hydroxyl groups excluding tert-OH is 1. The number of amides is 2. The highest BCUT2D eigenvalue weighted by molar-refractivity contribution is 5.74. The lowest BCUT2D eigenvalue weighted by Gasteiger charge is -2.24. The van der Waals surface area contributed by atoms with Gasteiger partial charge in [-0.25, -0.2) is 4.79 Å². The number of carbonyl (C=O) groups excluding carboxylic acids is 1. The van der Waals surface area contributed by atoms with Gasteiger partial charge in [-0.15, -0.1) is 0 Å². The van der Waals surface area contributed by atoms with Gasteiger partial charge in [-0.1, -0.05) is 0 Å². The Hall–Kier alpha value is -0.810. The van der Waals surface area contributed by atoms with Crippen LogP contribution in [0, 0.1) is 0 Å². The van der Waals surface area contributed by atoms with E-state index in [4.69, 9.17) is 5.11 Å². The number of hydrogen-bond acceptors (Lipinski definition) is 3. The lowest BCUT2D eigenvalue weighted by Crippen LogP contribution is -2.51. The molecule has 0 bridgehead atoms. The van der Waals surface area contributed by atoms with Crippen LogP contribution in [-0.2, 0) is 0 Å². The first-order valence-corrected chi connectivity index (χ1v) is 5.14. The molecule has 0 aromatic rings. The minimum Gasteiger partial charge on any atom is -0.392 e. The zero-order valence-electron chi connectivity index (χ0n) is 8.55. The van der Waals surface area contributed by atoms with E-state index in [2.05, 4.69) is 16.0 Å². The van der Waals surface area contributed by atoms with Crippen molar-refractivity contribution in [1.29, 1.82) is 0 Å². The van der Waals surface area contributed by atoms with Crippen molar-refractivity contribution in [2.24, 2.45) is 0 Å². The summed E-state index contributed by atoms with van der Waals surface area (Å²) in [5, 5.41) is 17.5. The molecule has 14 heavy (non-hydrogen) atoms. The molecule has 5 nitrogen and oxygen atoms in total. The predicted molar refractivity (Wildman–Crippen MR) is 53.9 cm³/mol. The fourth-order valence-corrected chi connectivity index (χ4v) is 1.42. The zero-order chi connectivity index (χ0) is 10.4. The van der Waals surface area contributed by atoms with Gasteiger partial charge >= 0.3 is 6.03 Å². The van der Waals surface area contributed by atoms with Crippen LogP contribution in [0.25, 0.3) is 0 Å². The normalized spacial score (nSPS) is 24.0. The Kier molecular flexibility index (Phi) is 4.69. The first-order chi connectivity index (χ1) is 6.68. The van der Waals surface area contributed by atoms with Crippen LogP contribution in [0.5, 0.6) is 0 Å². The van der Waals surface area contributed by atoms with E-state index in [9.17, 15) is 4.79 Å². The van der Waals surface area contributed by atoms with E-state index in [1.54, 1.807) is 6.92 Å². The van der Waals surface area contributed by atoms with Gasteiger partial charge in [0, 0.05) is 6.54 Å². The Labute approximate surface area is 84.3 Å². The van der Waals surface area contributed by atoms with Gasteiger partial charge in [0.15, 0.2) is 0 Å². The molecule has 1 saturated heterocycles. The van der Waals surface area contributed by atoms with Gasteiger partial charge in [-0.2, -0.15) is 0 Å². The second-order valence-corrected chi connectivity index (χ2v) is 3.71. The second-order valence-electron chi connectivity index (χ2n) is 3.71. The molecule has 0 saturated carbocycles. The number of carbonyl (C=O) groups is 1. The van der Waals surface area contributed by atoms with Gasteiger partial charge in [-0.05, 0) is 32.7 Å². The van der Waals surface area contributed by atoms with Crippen molar-refractivity contribution >= 4 is 6.03 Å². The highest BCUT2D eigenvalue weighted by Crippen LogP contribution is 2.03. The van der Waals surface area contributed by atoms with Gasteiger partial charge in [0.2, 0.25) is 0 Å². The fourth-order valence-electron chi connectivity index (χ4n) is 1.42. The quantitative estimate of drug-likeness (QED) is 0.509. The van der Waals surface area contributed by atoms with Crippen molar-refractivity contribution in [3.8, 4) is 0 Å². The summed E-state index contributed by atoms with van der Waals surface area (Å²) < 4.78 is 0. The van der Waals surface area contributed by atoms with E-state index in [1.807, 2.05) is 0 Å². The molecule has 0 aromatic carbocycles. The average molecular weight is 201 g/mol. The summed E-state index contributed by atoms with van der Waals surface area (Å²) >= 11 is 0. The Morgan fingerprint density at radius 2 is 2.43 bits per heavy atom. The third kappa shape index (κ3) is 4.43. The maximum atomic E-state index is 11.2. The standard InChI is InChI=1S/C9H19N3O2/c1-7(13)6-11-9(14)12-8-4-2-3-5-10-8/h7-8,10,13H,2-6H2,1H3,(H2,11,12,14). The van der Waals surface area contributed by atoms with Crippen molar-refractivity contribution in [3.63, 3.8) is 0 Å². The number of piperidine rings is 1. The number of rotatable bonds is 3. The molecule has 1 rings (SSSR count). The Bertz CT molecular complexity index is 179.